The number of benzene rings is 1. The number of hydrogen-bond acceptors (Lipinski definition) is 3. The Hall–Kier alpha value is -1.53. The van der Waals surface area contributed by atoms with E-state index < -0.39 is 0 Å². The molecule has 0 amide bonds. The molecule has 1 aromatic rings. The van der Waals surface area contributed by atoms with Gasteiger partial charge in [0.25, 0.3) is 0 Å². The lowest BCUT2D eigenvalue weighted by molar-refractivity contribution is 0.0606. The van der Waals surface area contributed by atoms with E-state index in [0.29, 0.717) is 11.6 Å². The van der Waals surface area contributed by atoms with Crippen molar-refractivity contribution in [3.63, 3.8) is 0 Å². The first-order chi connectivity index (χ1) is 8.33. The summed E-state index contributed by atoms with van der Waals surface area (Å²) in [5, 5.41) is 12.3. The lowest BCUT2D eigenvalue weighted by Crippen LogP contribution is -2.37. The van der Waals surface area contributed by atoms with Crippen molar-refractivity contribution in [2.75, 3.05) is 12.4 Å². The summed E-state index contributed by atoms with van der Waals surface area (Å²) in [6.45, 7) is 0. The molecule has 1 N–H and O–H groups in total. The molecule has 1 fully saturated rings. The van der Waals surface area contributed by atoms with Gasteiger partial charge in [-0.1, -0.05) is 18.9 Å². The molecule has 3 nitrogen and oxygen atoms in total. The first-order valence-electron chi connectivity index (χ1n) is 6.13. The number of nitriles is 1. The first-order valence-corrected chi connectivity index (χ1v) is 6.13. The molecule has 0 aromatic heterocycles. The minimum atomic E-state index is 0.287. The molecular formula is C14H18N2O. The second-order valence-corrected chi connectivity index (χ2v) is 4.50. The number of nitrogens with zero attached hydrogens (tertiary/aromatic N) is 1. The fraction of sp³-hybridized carbons (Fsp3) is 0.500. The van der Waals surface area contributed by atoms with Gasteiger partial charge in [-0.25, -0.2) is 0 Å². The van der Waals surface area contributed by atoms with E-state index >= 15 is 0 Å². The number of methoxy groups -OCH3 is 1. The third-order valence-electron chi connectivity index (χ3n) is 3.35. The second kappa shape index (κ2) is 5.70. The fourth-order valence-electron chi connectivity index (χ4n) is 2.44. The maximum absolute atomic E-state index is 8.86. The molecule has 1 aromatic carbocycles. The molecule has 1 saturated carbocycles. The Morgan fingerprint density at radius 1 is 1.35 bits per heavy atom. The Bertz CT molecular complexity index is 411. The van der Waals surface area contributed by atoms with Crippen molar-refractivity contribution in [3.05, 3.63) is 29.8 Å². The smallest absolute Gasteiger partial charge is 0.0992 e. The summed E-state index contributed by atoms with van der Waals surface area (Å²) < 4.78 is 5.51. The summed E-state index contributed by atoms with van der Waals surface area (Å²) in [5.41, 5.74) is 1.71. The van der Waals surface area contributed by atoms with Gasteiger partial charge in [-0.05, 0) is 31.0 Å². The average Bonchev–Trinajstić information content (AvgIpc) is 2.39. The van der Waals surface area contributed by atoms with Crippen molar-refractivity contribution in [1.29, 1.82) is 5.26 Å². The minimum Gasteiger partial charge on any atom is -0.380 e. The Morgan fingerprint density at radius 2 is 2.18 bits per heavy atom. The summed E-state index contributed by atoms with van der Waals surface area (Å²) in [7, 11) is 1.77. The van der Waals surface area contributed by atoms with Crippen LogP contribution in [0, 0.1) is 11.3 Å². The SMILES string of the molecule is COC1CCCCC1Nc1cccc(C#N)c1. The predicted octanol–water partition coefficient (Wildman–Crippen LogP) is 2.93. The number of nitrogens with one attached hydrogen (secondary N) is 1. The van der Waals surface area contributed by atoms with Gasteiger partial charge in [-0.15, -0.1) is 0 Å². The van der Waals surface area contributed by atoms with Gasteiger partial charge in [0.1, 0.15) is 0 Å². The molecule has 17 heavy (non-hydrogen) atoms. The van der Waals surface area contributed by atoms with Crippen molar-refractivity contribution in [1.82, 2.24) is 0 Å². The van der Waals surface area contributed by atoms with Crippen LogP contribution in [-0.4, -0.2) is 19.3 Å². The largest absolute Gasteiger partial charge is 0.380 e. The molecule has 0 radical (unpaired) electrons. The van der Waals surface area contributed by atoms with Crippen molar-refractivity contribution in [2.45, 2.75) is 37.8 Å². The van der Waals surface area contributed by atoms with E-state index in [9.17, 15) is 0 Å². The molecule has 1 aliphatic rings. The van der Waals surface area contributed by atoms with Crippen LogP contribution in [-0.2, 0) is 4.74 Å². The van der Waals surface area contributed by atoms with Crippen molar-refractivity contribution < 1.29 is 4.74 Å². The molecule has 90 valence electrons. The van der Waals surface area contributed by atoms with Gasteiger partial charge in [0, 0.05) is 12.8 Å². The lowest BCUT2D eigenvalue weighted by atomic mass is 9.92. The van der Waals surface area contributed by atoms with Gasteiger partial charge in [-0.3, -0.25) is 0 Å². The standard InChI is InChI=1S/C14H18N2O/c1-17-14-8-3-2-7-13(14)16-12-6-4-5-11(9-12)10-15/h4-6,9,13-14,16H,2-3,7-8H2,1H3. The number of anilines is 1. The molecule has 2 unspecified atom stereocenters. The molecule has 0 aliphatic heterocycles. The summed E-state index contributed by atoms with van der Waals surface area (Å²) in [4.78, 5) is 0. The zero-order valence-corrected chi connectivity index (χ0v) is 10.1. The van der Waals surface area contributed by atoms with Crippen LogP contribution in [0.2, 0.25) is 0 Å². The van der Waals surface area contributed by atoms with Crippen LogP contribution in [0.4, 0.5) is 5.69 Å². The van der Waals surface area contributed by atoms with Crippen LogP contribution in [0.3, 0.4) is 0 Å². The zero-order valence-electron chi connectivity index (χ0n) is 10.1. The lowest BCUT2D eigenvalue weighted by Gasteiger charge is -2.31. The molecule has 3 heteroatoms. The summed E-state index contributed by atoms with van der Waals surface area (Å²) >= 11 is 0. The molecule has 0 heterocycles. The number of hydrogen-bond donors (Lipinski definition) is 1. The van der Waals surface area contributed by atoms with Gasteiger partial charge >= 0.3 is 0 Å². The summed E-state index contributed by atoms with van der Waals surface area (Å²) in [5.74, 6) is 0. The van der Waals surface area contributed by atoms with Crippen LogP contribution in [0.5, 0.6) is 0 Å². The molecule has 2 atom stereocenters. The minimum absolute atomic E-state index is 0.287. The maximum atomic E-state index is 8.86. The van der Waals surface area contributed by atoms with Gasteiger partial charge in [0.15, 0.2) is 0 Å². The third kappa shape index (κ3) is 2.98. The topological polar surface area (TPSA) is 45.0 Å². The molecular weight excluding hydrogens is 212 g/mol. The van der Waals surface area contributed by atoms with E-state index in [1.54, 1.807) is 7.11 Å². The molecule has 1 aliphatic carbocycles. The van der Waals surface area contributed by atoms with E-state index in [1.807, 2.05) is 24.3 Å². The fourth-order valence-corrected chi connectivity index (χ4v) is 2.44. The van der Waals surface area contributed by atoms with Crippen molar-refractivity contribution in [3.8, 4) is 6.07 Å². The predicted molar refractivity (Wildman–Crippen MR) is 67.8 cm³/mol. The first kappa shape index (κ1) is 11.9. The zero-order chi connectivity index (χ0) is 12.1. The van der Waals surface area contributed by atoms with Crippen LogP contribution in [0.15, 0.2) is 24.3 Å². The Kier molecular flexibility index (Phi) is 4.00. The highest BCUT2D eigenvalue weighted by Gasteiger charge is 2.24. The van der Waals surface area contributed by atoms with Gasteiger partial charge in [-0.2, -0.15) is 5.26 Å². The Morgan fingerprint density at radius 3 is 2.94 bits per heavy atom. The highest BCUT2D eigenvalue weighted by atomic mass is 16.5. The van der Waals surface area contributed by atoms with Gasteiger partial charge in [0.05, 0.1) is 23.8 Å². The van der Waals surface area contributed by atoms with E-state index in [1.165, 1.54) is 12.8 Å². The monoisotopic (exact) mass is 230 g/mol. The normalized spacial score (nSPS) is 24.0. The van der Waals surface area contributed by atoms with Crippen LogP contribution in [0.1, 0.15) is 31.2 Å². The van der Waals surface area contributed by atoms with Crippen LogP contribution >= 0.6 is 0 Å². The maximum Gasteiger partial charge on any atom is 0.0992 e. The van der Waals surface area contributed by atoms with E-state index in [4.69, 9.17) is 10.00 Å². The van der Waals surface area contributed by atoms with Crippen molar-refractivity contribution >= 4 is 5.69 Å². The second-order valence-electron chi connectivity index (χ2n) is 4.50. The Balaban J connectivity index is 2.06. The van der Waals surface area contributed by atoms with Gasteiger partial charge < -0.3 is 10.1 Å². The van der Waals surface area contributed by atoms with E-state index in [0.717, 1.165) is 18.5 Å². The summed E-state index contributed by atoms with van der Waals surface area (Å²) in [6, 6.07) is 10.1. The number of rotatable bonds is 3. The van der Waals surface area contributed by atoms with Gasteiger partial charge in [0.2, 0.25) is 0 Å². The Labute approximate surface area is 102 Å². The molecule has 0 saturated heterocycles. The third-order valence-corrected chi connectivity index (χ3v) is 3.35. The number of ether oxygens (including phenoxy) is 1. The average molecular weight is 230 g/mol. The highest BCUT2D eigenvalue weighted by molar-refractivity contribution is 5.50. The summed E-state index contributed by atoms with van der Waals surface area (Å²) in [6.07, 6.45) is 5.03. The van der Waals surface area contributed by atoms with Crippen molar-refractivity contribution in [2.24, 2.45) is 0 Å². The quantitative estimate of drug-likeness (QED) is 0.868. The molecule has 0 bridgehead atoms. The van der Waals surface area contributed by atoms with Crippen LogP contribution in [0.25, 0.3) is 0 Å². The molecule has 0 spiro atoms. The molecule has 2 rings (SSSR count). The van der Waals surface area contributed by atoms with E-state index in [-0.39, 0.29) is 6.10 Å². The van der Waals surface area contributed by atoms with E-state index in [2.05, 4.69) is 11.4 Å². The highest BCUT2D eigenvalue weighted by Crippen LogP contribution is 2.24. The van der Waals surface area contributed by atoms with Crippen LogP contribution < -0.4 is 5.32 Å².